The number of halogens is 1. The summed E-state index contributed by atoms with van der Waals surface area (Å²) >= 11 is 5.78. The van der Waals surface area contributed by atoms with Crippen molar-refractivity contribution in [3.8, 4) is 0 Å². The quantitative estimate of drug-likeness (QED) is 0.872. The number of rotatable bonds is 4. The Bertz CT molecular complexity index is 567. The van der Waals surface area contributed by atoms with E-state index in [9.17, 15) is 4.79 Å². The van der Waals surface area contributed by atoms with Gasteiger partial charge in [0.25, 0.3) is 0 Å². The molecule has 98 valence electrons. The molecule has 2 rings (SSSR count). The number of carbonyl (C=O) groups excluding carboxylic acids is 1. The highest BCUT2D eigenvalue weighted by atomic mass is 35.5. The van der Waals surface area contributed by atoms with Gasteiger partial charge in [-0.15, -0.1) is 0 Å². The summed E-state index contributed by atoms with van der Waals surface area (Å²) in [5.74, 6) is -0.356. The van der Waals surface area contributed by atoms with Crippen molar-refractivity contribution in [1.29, 1.82) is 0 Å². The van der Waals surface area contributed by atoms with E-state index in [0.717, 1.165) is 11.1 Å². The van der Waals surface area contributed by atoms with Crippen LogP contribution in [0.3, 0.4) is 0 Å². The van der Waals surface area contributed by atoms with E-state index in [-0.39, 0.29) is 12.6 Å². The fourth-order valence-corrected chi connectivity index (χ4v) is 1.76. The van der Waals surface area contributed by atoms with Crippen LogP contribution in [0, 0.1) is 0 Å². The first-order chi connectivity index (χ1) is 9.19. The third-order valence-electron chi connectivity index (χ3n) is 2.68. The molecule has 0 atom stereocenters. The van der Waals surface area contributed by atoms with Gasteiger partial charge >= 0.3 is 5.97 Å². The van der Waals surface area contributed by atoms with Crippen LogP contribution in [0.2, 0.25) is 5.02 Å². The first kappa shape index (κ1) is 13.6. The van der Waals surface area contributed by atoms with Crippen LogP contribution in [0.4, 0.5) is 0 Å². The Balaban J connectivity index is 1.99. The molecule has 0 amide bonds. The van der Waals surface area contributed by atoms with Crippen LogP contribution < -0.4 is 5.73 Å². The molecule has 0 spiro atoms. The van der Waals surface area contributed by atoms with Gasteiger partial charge in [0.05, 0.1) is 5.56 Å². The van der Waals surface area contributed by atoms with Crippen LogP contribution in [-0.4, -0.2) is 5.97 Å². The molecule has 0 radical (unpaired) electrons. The molecular formula is C15H14ClNO2. The number of ether oxygens (including phenoxy) is 1. The zero-order valence-corrected chi connectivity index (χ0v) is 11.1. The molecular weight excluding hydrogens is 262 g/mol. The summed E-state index contributed by atoms with van der Waals surface area (Å²) in [5, 5.41) is 0.658. The van der Waals surface area contributed by atoms with Crippen molar-refractivity contribution in [1.82, 2.24) is 0 Å². The Morgan fingerprint density at radius 2 is 1.84 bits per heavy atom. The van der Waals surface area contributed by atoms with Crippen LogP contribution >= 0.6 is 11.6 Å². The van der Waals surface area contributed by atoms with Crippen molar-refractivity contribution in [3.63, 3.8) is 0 Å². The number of hydrogen-bond acceptors (Lipinski definition) is 3. The van der Waals surface area contributed by atoms with Gasteiger partial charge in [-0.05, 0) is 35.4 Å². The molecule has 0 aliphatic rings. The van der Waals surface area contributed by atoms with Crippen molar-refractivity contribution in [2.24, 2.45) is 5.73 Å². The minimum atomic E-state index is -0.356. The molecule has 4 heteroatoms. The molecule has 0 fully saturated rings. The summed E-state index contributed by atoms with van der Waals surface area (Å²) in [6, 6.07) is 14.3. The minimum absolute atomic E-state index is 0.225. The van der Waals surface area contributed by atoms with E-state index in [1.165, 1.54) is 0 Å². The van der Waals surface area contributed by atoms with Gasteiger partial charge in [-0.3, -0.25) is 0 Å². The second-order valence-corrected chi connectivity index (χ2v) is 4.54. The largest absolute Gasteiger partial charge is 0.457 e. The predicted octanol–water partition coefficient (Wildman–Crippen LogP) is 3.16. The Labute approximate surface area is 117 Å². The molecule has 0 saturated heterocycles. The lowest BCUT2D eigenvalue weighted by Crippen LogP contribution is -2.06. The summed E-state index contributed by atoms with van der Waals surface area (Å²) in [4.78, 5) is 11.9. The van der Waals surface area contributed by atoms with Crippen LogP contribution in [-0.2, 0) is 17.9 Å². The van der Waals surface area contributed by atoms with Crippen molar-refractivity contribution in [2.45, 2.75) is 13.2 Å². The third-order valence-corrected chi connectivity index (χ3v) is 2.93. The zero-order chi connectivity index (χ0) is 13.7. The molecule has 0 saturated carbocycles. The average molecular weight is 276 g/mol. The summed E-state index contributed by atoms with van der Waals surface area (Å²) in [5.41, 5.74) is 7.84. The van der Waals surface area contributed by atoms with Crippen LogP contribution in [0.1, 0.15) is 21.5 Å². The van der Waals surface area contributed by atoms with Crippen molar-refractivity contribution >= 4 is 17.6 Å². The predicted molar refractivity (Wildman–Crippen MR) is 74.9 cm³/mol. The number of esters is 1. The Morgan fingerprint density at radius 3 is 2.53 bits per heavy atom. The van der Waals surface area contributed by atoms with Crippen molar-refractivity contribution < 1.29 is 9.53 Å². The molecule has 0 aliphatic heterocycles. The molecule has 0 aromatic heterocycles. The number of hydrogen-bond donors (Lipinski definition) is 1. The Hall–Kier alpha value is -1.84. The molecule has 2 aromatic carbocycles. The molecule has 2 aromatic rings. The van der Waals surface area contributed by atoms with Gasteiger partial charge in [0.15, 0.2) is 0 Å². The maximum Gasteiger partial charge on any atom is 0.338 e. The second-order valence-electron chi connectivity index (χ2n) is 4.11. The first-order valence-corrected chi connectivity index (χ1v) is 6.27. The van der Waals surface area contributed by atoms with Gasteiger partial charge in [-0.25, -0.2) is 4.79 Å². The van der Waals surface area contributed by atoms with Gasteiger partial charge in [0.2, 0.25) is 0 Å². The monoisotopic (exact) mass is 275 g/mol. The SMILES string of the molecule is NCc1cccc(C(=O)OCc2ccc(Cl)cc2)c1. The van der Waals surface area contributed by atoms with E-state index < -0.39 is 0 Å². The van der Waals surface area contributed by atoms with Gasteiger partial charge < -0.3 is 10.5 Å². The molecule has 0 unspecified atom stereocenters. The molecule has 19 heavy (non-hydrogen) atoms. The lowest BCUT2D eigenvalue weighted by molar-refractivity contribution is 0.0472. The summed E-state index contributed by atoms with van der Waals surface area (Å²) in [7, 11) is 0. The third kappa shape index (κ3) is 3.81. The lowest BCUT2D eigenvalue weighted by atomic mass is 10.1. The second kappa shape index (κ2) is 6.36. The smallest absolute Gasteiger partial charge is 0.338 e. The van der Waals surface area contributed by atoms with E-state index >= 15 is 0 Å². The van der Waals surface area contributed by atoms with E-state index in [1.54, 1.807) is 30.3 Å². The number of nitrogens with two attached hydrogens (primary N) is 1. The molecule has 0 heterocycles. The summed E-state index contributed by atoms with van der Waals surface area (Å²) in [6.07, 6.45) is 0. The summed E-state index contributed by atoms with van der Waals surface area (Å²) in [6.45, 7) is 0.626. The van der Waals surface area contributed by atoms with Crippen molar-refractivity contribution in [3.05, 3.63) is 70.2 Å². The number of benzene rings is 2. The highest BCUT2D eigenvalue weighted by Gasteiger charge is 2.07. The first-order valence-electron chi connectivity index (χ1n) is 5.89. The van der Waals surface area contributed by atoms with E-state index in [4.69, 9.17) is 22.1 Å². The minimum Gasteiger partial charge on any atom is -0.457 e. The van der Waals surface area contributed by atoms with Crippen LogP contribution in [0.15, 0.2) is 48.5 Å². The molecule has 2 N–H and O–H groups in total. The normalized spacial score (nSPS) is 10.2. The topological polar surface area (TPSA) is 52.3 Å². The van der Waals surface area contributed by atoms with E-state index in [2.05, 4.69) is 0 Å². The van der Waals surface area contributed by atoms with Crippen molar-refractivity contribution in [2.75, 3.05) is 0 Å². The highest BCUT2D eigenvalue weighted by Crippen LogP contribution is 2.12. The maximum absolute atomic E-state index is 11.9. The Kier molecular flexibility index (Phi) is 4.55. The highest BCUT2D eigenvalue weighted by molar-refractivity contribution is 6.30. The molecule has 3 nitrogen and oxygen atoms in total. The summed E-state index contributed by atoms with van der Waals surface area (Å²) < 4.78 is 5.23. The lowest BCUT2D eigenvalue weighted by Gasteiger charge is -2.06. The van der Waals surface area contributed by atoms with Crippen LogP contribution in [0.25, 0.3) is 0 Å². The number of carbonyl (C=O) groups is 1. The van der Waals surface area contributed by atoms with Gasteiger partial charge in [-0.1, -0.05) is 35.9 Å². The standard InChI is InChI=1S/C15H14ClNO2/c16-14-6-4-11(5-7-14)10-19-15(18)13-3-1-2-12(8-13)9-17/h1-8H,9-10,17H2. The molecule has 0 bridgehead atoms. The van der Waals surface area contributed by atoms with Gasteiger partial charge in [0, 0.05) is 11.6 Å². The molecule has 0 aliphatic carbocycles. The average Bonchev–Trinajstić information content (AvgIpc) is 2.46. The fraction of sp³-hybridized carbons (Fsp3) is 0.133. The van der Waals surface area contributed by atoms with E-state index in [0.29, 0.717) is 17.1 Å². The zero-order valence-electron chi connectivity index (χ0n) is 10.3. The maximum atomic E-state index is 11.9. The Morgan fingerprint density at radius 1 is 1.11 bits per heavy atom. The fourth-order valence-electron chi connectivity index (χ4n) is 1.64. The van der Waals surface area contributed by atoms with Gasteiger partial charge in [-0.2, -0.15) is 0 Å². The van der Waals surface area contributed by atoms with Crippen LogP contribution in [0.5, 0.6) is 0 Å². The van der Waals surface area contributed by atoms with E-state index in [1.807, 2.05) is 18.2 Å². The van der Waals surface area contributed by atoms with Gasteiger partial charge in [0.1, 0.15) is 6.61 Å².